The zero-order valence-electron chi connectivity index (χ0n) is 22.6. The van der Waals surface area contributed by atoms with Gasteiger partial charge in [0.2, 0.25) is 0 Å². The molecule has 4 aromatic carbocycles. The molecule has 0 saturated carbocycles. The van der Waals surface area contributed by atoms with Crippen molar-refractivity contribution in [2.75, 3.05) is 14.2 Å². The molecule has 0 aromatic heterocycles. The highest BCUT2D eigenvalue weighted by atomic mass is 79.9. The highest BCUT2D eigenvalue weighted by Crippen LogP contribution is 2.39. The summed E-state index contributed by atoms with van der Waals surface area (Å²) < 4.78 is 17.7. The summed E-state index contributed by atoms with van der Waals surface area (Å²) in [6.45, 7) is 0.594. The van der Waals surface area contributed by atoms with E-state index < -0.39 is 0 Å². The second-order valence-electron chi connectivity index (χ2n) is 9.13. The zero-order chi connectivity index (χ0) is 29.6. The number of para-hydroxylation sites is 1. The van der Waals surface area contributed by atoms with E-state index >= 15 is 0 Å². The maximum absolute atomic E-state index is 13.7. The maximum Gasteiger partial charge on any atom is 0.267 e. The van der Waals surface area contributed by atoms with Crippen LogP contribution >= 0.6 is 50.9 Å². The smallest absolute Gasteiger partial charge is 0.267 e. The molecule has 42 heavy (non-hydrogen) atoms. The van der Waals surface area contributed by atoms with Crippen molar-refractivity contribution in [3.8, 4) is 17.2 Å². The third-order valence-electron chi connectivity index (χ3n) is 6.34. The lowest BCUT2D eigenvalue weighted by Crippen LogP contribution is -2.28. The average molecular weight is 684 g/mol. The molecule has 1 amide bonds. The predicted molar refractivity (Wildman–Crippen MR) is 174 cm³/mol. The van der Waals surface area contributed by atoms with Crippen LogP contribution in [0.3, 0.4) is 0 Å². The van der Waals surface area contributed by atoms with Crippen molar-refractivity contribution in [2.45, 2.75) is 13.2 Å². The van der Waals surface area contributed by atoms with E-state index in [1.165, 1.54) is 11.8 Å². The summed E-state index contributed by atoms with van der Waals surface area (Å²) in [5, 5.41) is 1.67. The molecule has 6 nitrogen and oxygen atoms in total. The van der Waals surface area contributed by atoms with E-state index in [2.05, 4.69) is 15.9 Å². The van der Waals surface area contributed by atoms with E-state index in [4.69, 9.17) is 42.4 Å². The standard InChI is InChI=1S/C32H25BrCl2N2O4S/c1-39-25-12-8-20(9-13-25)18-37-31(38)30(42-32(37)36-24-6-4-3-5-7-24)15-22-14-28(40-2)29(17-26(22)33)41-19-21-10-11-23(34)16-27(21)35/h3-17H,18-19H2,1-2H3/b30-15-,36-32?. The Morgan fingerprint density at radius 2 is 1.69 bits per heavy atom. The van der Waals surface area contributed by atoms with Gasteiger partial charge < -0.3 is 14.2 Å². The van der Waals surface area contributed by atoms with Gasteiger partial charge in [0.25, 0.3) is 5.91 Å². The summed E-state index contributed by atoms with van der Waals surface area (Å²) in [5.41, 5.74) is 3.27. The Kier molecular flexibility index (Phi) is 9.80. The molecule has 0 bridgehead atoms. The predicted octanol–water partition coefficient (Wildman–Crippen LogP) is 9.16. The van der Waals surface area contributed by atoms with Crippen LogP contribution in [-0.2, 0) is 17.9 Å². The van der Waals surface area contributed by atoms with E-state index in [0.29, 0.717) is 38.2 Å². The number of amidine groups is 1. The lowest BCUT2D eigenvalue weighted by Gasteiger charge is -2.16. The number of hydrogen-bond donors (Lipinski definition) is 0. The van der Waals surface area contributed by atoms with Gasteiger partial charge in [-0.1, -0.05) is 75.5 Å². The van der Waals surface area contributed by atoms with Crippen molar-refractivity contribution in [2.24, 2.45) is 4.99 Å². The van der Waals surface area contributed by atoms with E-state index in [0.717, 1.165) is 32.6 Å². The maximum atomic E-state index is 13.7. The van der Waals surface area contributed by atoms with E-state index in [1.54, 1.807) is 31.3 Å². The molecule has 1 fully saturated rings. The van der Waals surface area contributed by atoms with Crippen LogP contribution in [0.15, 0.2) is 99.3 Å². The monoisotopic (exact) mass is 682 g/mol. The van der Waals surface area contributed by atoms with Crippen LogP contribution in [0.25, 0.3) is 6.08 Å². The molecule has 0 atom stereocenters. The fraction of sp³-hybridized carbons (Fsp3) is 0.125. The average Bonchev–Trinajstić information content (AvgIpc) is 3.27. The molecule has 0 N–H and O–H groups in total. The number of thioether (sulfide) groups is 1. The first-order chi connectivity index (χ1) is 20.3. The van der Waals surface area contributed by atoms with E-state index in [-0.39, 0.29) is 12.5 Å². The van der Waals surface area contributed by atoms with Gasteiger partial charge in [0.1, 0.15) is 12.4 Å². The number of aliphatic imine (C=N–C) groups is 1. The van der Waals surface area contributed by atoms with Crippen LogP contribution in [0, 0.1) is 0 Å². The summed E-state index contributed by atoms with van der Waals surface area (Å²) in [7, 11) is 3.19. The van der Waals surface area contributed by atoms with Crippen LogP contribution in [0.5, 0.6) is 17.2 Å². The first kappa shape index (κ1) is 30.0. The summed E-state index contributed by atoms with van der Waals surface area (Å²) in [4.78, 5) is 20.7. The lowest BCUT2D eigenvalue weighted by molar-refractivity contribution is -0.122. The quantitative estimate of drug-likeness (QED) is 0.165. The molecule has 0 radical (unpaired) electrons. The van der Waals surface area contributed by atoms with E-state index in [9.17, 15) is 4.79 Å². The first-order valence-corrected chi connectivity index (χ1v) is 15.1. The first-order valence-electron chi connectivity index (χ1n) is 12.8. The number of benzene rings is 4. The van der Waals surface area contributed by atoms with Gasteiger partial charge in [-0.2, -0.15) is 0 Å². The summed E-state index contributed by atoms with van der Waals surface area (Å²) in [5.74, 6) is 1.64. The van der Waals surface area contributed by atoms with Crippen molar-refractivity contribution in [1.82, 2.24) is 4.90 Å². The van der Waals surface area contributed by atoms with Crippen molar-refractivity contribution < 1.29 is 19.0 Å². The van der Waals surface area contributed by atoms with Gasteiger partial charge in [-0.3, -0.25) is 9.69 Å². The highest BCUT2D eigenvalue weighted by Gasteiger charge is 2.34. The van der Waals surface area contributed by atoms with Crippen molar-refractivity contribution in [3.63, 3.8) is 0 Å². The molecule has 5 rings (SSSR count). The minimum atomic E-state index is -0.144. The number of amides is 1. The summed E-state index contributed by atoms with van der Waals surface area (Å²) in [6.07, 6.45) is 1.83. The number of nitrogens with zero attached hydrogens (tertiary/aromatic N) is 2. The largest absolute Gasteiger partial charge is 0.497 e. The van der Waals surface area contributed by atoms with Gasteiger partial charge in [-0.05, 0) is 77.5 Å². The fourth-order valence-corrected chi connectivity index (χ4v) is 6.02. The number of ether oxygens (including phenoxy) is 3. The molecular weight excluding hydrogens is 659 g/mol. The van der Waals surface area contributed by atoms with Crippen molar-refractivity contribution in [1.29, 1.82) is 0 Å². The minimum absolute atomic E-state index is 0.144. The zero-order valence-corrected chi connectivity index (χ0v) is 26.6. The van der Waals surface area contributed by atoms with E-state index in [1.807, 2.05) is 78.9 Å². The number of rotatable bonds is 9. The topological polar surface area (TPSA) is 60.4 Å². The van der Waals surface area contributed by atoms with Gasteiger partial charge in [-0.15, -0.1) is 0 Å². The molecule has 4 aromatic rings. The molecule has 10 heteroatoms. The Labute approximate surface area is 267 Å². The van der Waals surface area contributed by atoms with Gasteiger partial charge >= 0.3 is 0 Å². The molecule has 1 saturated heterocycles. The molecule has 214 valence electrons. The third-order valence-corrected chi connectivity index (χ3v) is 8.62. The molecule has 0 aliphatic carbocycles. The second-order valence-corrected chi connectivity index (χ2v) is 11.8. The Morgan fingerprint density at radius 3 is 2.38 bits per heavy atom. The number of carbonyl (C=O) groups excluding carboxylic acids is 1. The van der Waals surface area contributed by atoms with Crippen LogP contribution in [-0.4, -0.2) is 30.2 Å². The van der Waals surface area contributed by atoms with Crippen LogP contribution in [0.1, 0.15) is 16.7 Å². The summed E-state index contributed by atoms with van der Waals surface area (Å²) in [6, 6.07) is 26.1. The Hall–Kier alpha value is -3.43. The van der Waals surface area contributed by atoms with Gasteiger partial charge in [0.05, 0.1) is 31.4 Å². The number of halogens is 3. The van der Waals surface area contributed by atoms with Gasteiger partial charge in [0.15, 0.2) is 16.7 Å². The third kappa shape index (κ3) is 7.13. The Balaban J connectivity index is 1.43. The molecule has 1 aliphatic rings. The lowest BCUT2D eigenvalue weighted by atomic mass is 10.1. The van der Waals surface area contributed by atoms with Crippen LogP contribution in [0.4, 0.5) is 5.69 Å². The minimum Gasteiger partial charge on any atom is -0.497 e. The number of hydrogen-bond acceptors (Lipinski definition) is 6. The Bertz CT molecular complexity index is 1660. The SMILES string of the molecule is COc1ccc(CN2C(=O)/C(=C/c3cc(OC)c(OCc4ccc(Cl)cc4Cl)cc3Br)SC2=Nc2ccccc2)cc1. The Morgan fingerprint density at radius 1 is 0.929 bits per heavy atom. The highest BCUT2D eigenvalue weighted by molar-refractivity contribution is 9.10. The van der Waals surface area contributed by atoms with Crippen molar-refractivity contribution >= 4 is 73.7 Å². The number of methoxy groups -OCH3 is 2. The van der Waals surface area contributed by atoms with Crippen LogP contribution < -0.4 is 14.2 Å². The molecule has 1 heterocycles. The van der Waals surface area contributed by atoms with Gasteiger partial charge in [0, 0.05) is 20.1 Å². The van der Waals surface area contributed by atoms with Crippen LogP contribution in [0.2, 0.25) is 10.0 Å². The van der Waals surface area contributed by atoms with Gasteiger partial charge in [-0.25, -0.2) is 4.99 Å². The molecule has 0 spiro atoms. The molecular formula is C32H25BrCl2N2O4S. The molecule has 1 aliphatic heterocycles. The molecule has 0 unspecified atom stereocenters. The summed E-state index contributed by atoms with van der Waals surface area (Å²) >= 11 is 17.3. The fourth-order valence-electron chi connectivity index (χ4n) is 4.13. The number of carbonyl (C=O) groups is 1. The van der Waals surface area contributed by atoms with Crippen molar-refractivity contribution in [3.05, 3.63) is 121 Å². The second kappa shape index (κ2) is 13.7. The normalized spacial score (nSPS) is 15.0.